The molecule has 0 atom stereocenters. The van der Waals surface area contributed by atoms with Crippen LogP contribution in [0.25, 0.3) is 10.9 Å². The van der Waals surface area contributed by atoms with Crippen molar-refractivity contribution in [2.24, 2.45) is 0 Å². The fourth-order valence-electron chi connectivity index (χ4n) is 2.39. The number of hydrogen-bond acceptors (Lipinski definition) is 4. The minimum Gasteiger partial charge on any atom is -0.478 e. The Morgan fingerprint density at radius 3 is 2.74 bits per heavy atom. The predicted molar refractivity (Wildman–Crippen MR) is 86.4 cm³/mol. The van der Waals surface area contributed by atoms with Gasteiger partial charge >= 0.3 is 5.97 Å². The first-order valence-corrected chi connectivity index (χ1v) is 7.37. The molecule has 23 heavy (non-hydrogen) atoms. The summed E-state index contributed by atoms with van der Waals surface area (Å²) < 4.78 is 7.58. The molecule has 0 spiro atoms. The van der Waals surface area contributed by atoms with Crippen molar-refractivity contribution in [3.8, 4) is 11.6 Å². The first-order chi connectivity index (χ1) is 11.0. The number of aromatic carboxylic acids is 1. The zero-order chi connectivity index (χ0) is 16.6. The predicted octanol–water partition coefficient (Wildman–Crippen LogP) is 4.16. The molecule has 0 bridgehead atoms. The van der Waals surface area contributed by atoms with Crippen LogP contribution in [-0.4, -0.2) is 25.6 Å². The van der Waals surface area contributed by atoms with Gasteiger partial charge in [0.2, 0.25) is 5.88 Å². The summed E-state index contributed by atoms with van der Waals surface area (Å²) in [6.45, 7) is 3.98. The first kappa shape index (κ1) is 15.3. The minimum atomic E-state index is -0.953. The van der Waals surface area contributed by atoms with E-state index in [2.05, 4.69) is 9.97 Å². The van der Waals surface area contributed by atoms with E-state index in [4.69, 9.17) is 16.3 Å². The van der Waals surface area contributed by atoms with Crippen molar-refractivity contribution in [3.63, 3.8) is 0 Å². The van der Waals surface area contributed by atoms with Crippen LogP contribution in [0.4, 0.5) is 0 Å². The van der Waals surface area contributed by atoms with Gasteiger partial charge in [0.25, 0.3) is 0 Å². The van der Waals surface area contributed by atoms with Gasteiger partial charge in [0.1, 0.15) is 17.2 Å². The number of carbonyl (C=O) groups is 1. The van der Waals surface area contributed by atoms with Crippen LogP contribution in [0.15, 0.2) is 36.8 Å². The quantitative estimate of drug-likeness (QED) is 0.726. The van der Waals surface area contributed by atoms with Crippen LogP contribution in [0.2, 0.25) is 5.15 Å². The molecule has 3 rings (SSSR count). The Labute approximate surface area is 137 Å². The molecule has 2 heterocycles. The molecule has 0 radical (unpaired) electrons. The molecule has 0 saturated heterocycles. The van der Waals surface area contributed by atoms with Crippen LogP contribution < -0.4 is 4.74 Å². The molecule has 7 heteroatoms. The van der Waals surface area contributed by atoms with E-state index in [0.29, 0.717) is 17.0 Å². The van der Waals surface area contributed by atoms with E-state index in [-0.39, 0.29) is 16.8 Å². The Morgan fingerprint density at radius 2 is 2.09 bits per heavy atom. The molecule has 0 aliphatic heterocycles. The number of rotatable bonds is 4. The molecule has 0 aliphatic carbocycles. The molecule has 118 valence electrons. The summed E-state index contributed by atoms with van der Waals surface area (Å²) in [5.74, 6) is -0.0830. The van der Waals surface area contributed by atoms with Gasteiger partial charge in [0.15, 0.2) is 0 Å². The maximum atomic E-state index is 11.4. The highest BCUT2D eigenvalue weighted by atomic mass is 35.5. The lowest BCUT2D eigenvalue weighted by Crippen LogP contribution is -1.99. The highest BCUT2D eigenvalue weighted by molar-refractivity contribution is 6.29. The Bertz CT molecular complexity index is 889. The molecule has 1 N–H and O–H groups in total. The van der Waals surface area contributed by atoms with Gasteiger partial charge in [0, 0.05) is 29.8 Å². The van der Waals surface area contributed by atoms with Crippen molar-refractivity contribution in [1.82, 2.24) is 14.5 Å². The lowest BCUT2D eigenvalue weighted by molar-refractivity contribution is 0.0698. The second-order valence-corrected chi connectivity index (χ2v) is 5.70. The number of carboxylic acids is 1. The fraction of sp³-hybridized carbons (Fsp3) is 0.188. The van der Waals surface area contributed by atoms with Crippen molar-refractivity contribution in [1.29, 1.82) is 0 Å². The molecule has 3 aromatic rings. The zero-order valence-electron chi connectivity index (χ0n) is 12.5. The van der Waals surface area contributed by atoms with Crippen LogP contribution >= 0.6 is 11.6 Å². The molecule has 0 aliphatic rings. The number of ether oxygens (including phenoxy) is 1. The van der Waals surface area contributed by atoms with Crippen molar-refractivity contribution in [2.45, 2.75) is 19.9 Å². The highest BCUT2D eigenvalue weighted by Gasteiger charge is 2.16. The summed E-state index contributed by atoms with van der Waals surface area (Å²) in [4.78, 5) is 19.2. The van der Waals surface area contributed by atoms with Gasteiger partial charge in [-0.3, -0.25) is 0 Å². The molecule has 0 saturated carbocycles. The third-order valence-electron chi connectivity index (χ3n) is 3.42. The van der Waals surface area contributed by atoms with Gasteiger partial charge in [-0.25, -0.2) is 14.8 Å². The lowest BCUT2D eigenvalue weighted by atomic mass is 10.1. The molecule has 6 nitrogen and oxygen atoms in total. The summed E-state index contributed by atoms with van der Waals surface area (Å²) in [5, 5.41) is 10.3. The third kappa shape index (κ3) is 2.98. The molecule has 2 aromatic heterocycles. The summed E-state index contributed by atoms with van der Waals surface area (Å²) in [5.41, 5.74) is 1.06. The third-order valence-corrected chi connectivity index (χ3v) is 3.63. The van der Waals surface area contributed by atoms with Crippen LogP contribution in [0.5, 0.6) is 11.6 Å². The average molecular weight is 332 g/mol. The Morgan fingerprint density at radius 1 is 1.30 bits per heavy atom. The van der Waals surface area contributed by atoms with E-state index >= 15 is 0 Å². The van der Waals surface area contributed by atoms with Gasteiger partial charge < -0.3 is 14.4 Å². The van der Waals surface area contributed by atoms with Crippen molar-refractivity contribution < 1.29 is 14.6 Å². The molecular weight excluding hydrogens is 318 g/mol. The van der Waals surface area contributed by atoms with Crippen LogP contribution in [0, 0.1) is 0 Å². The largest absolute Gasteiger partial charge is 0.478 e. The molecule has 0 unspecified atom stereocenters. The second-order valence-electron chi connectivity index (χ2n) is 5.31. The van der Waals surface area contributed by atoms with Crippen LogP contribution in [0.1, 0.15) is 30.2 Å². The summed E-state index contributed by atoms with van der Waals surface area (Å²) in [7, 11) is 0. The smallest absolute Gasteiger partial charge is 0.337 e. The van der Waals surface area contributed by atoms with Crippen LogP contribution in [0.3, 0.4) is 0 Å². The van der Waals surface area contributed by atoms with Gasteiger partial charge in [-0.15, -0.1) is 0 Å². The average Bonchev–Trinajstić information content (AvgIpc) is 2.86. The normalized spacial score (nSPS) is 11.1. The molecule has 0 amide bonds. The number of nitrogens with zero attached hydrogens (tertiary/aromatic N) is 3. The van der Waals surface area contributed by atoms with E-state index in [9.17, 15) is 9.90 Å². The number of halogens is 1. The van der Waals surface area contributed by atoms with Crippen molar-refractivity contribution >= 4 is 28.5 Å². The monoisotopic (exact) mass is 331 g/mol. The maximum Gasteiger partial charge on any atom is 0.337 e. The number of benzene rings is 1. The van der Waals surface area contributed by atoms with Gasteiger partial charge in [-0.1, -0.05) is 11.6 Å². The zero-order valence-corrected chi connectivity index (χ0v) is 13.3. The van der Waals surface area contributed by atoms with Gasteiger partial charge in [-0.05, 0) is 26.0 Å². The first-order valence-electron chi connectivity index (χ1n) is 6.99. The summed E-state index contributed by atoms with van der Waals surface area (Å²) in [6, 6.07) is 6.85. The topological polar surface area (TPSA) is 77.2 Å². The van der Waals surface area contributed by atoms with Crippen molar-refractivity contribution in [2.75, 3.05) is 0 Å². The molecule has 1 aromatic carbocycles. The Hall–Kier alpha value is -2.60. The highest BCUT2D eigenvalue weighted by Crippen LogP contribution is 2.30. The minimum absolute atomic E-state index is 0.120. The SMILES string of the molecule is CC(C)n1cc(C(=O)O)c2ccc(Oc3cc(Cl)ncn3)cc21. The Kier molecular flexibility index (Phi) is 3.92. The molecule has 0 fully saturated rings. The lowest BCUT2D eigenvalue weighted by Gasteiger charge is -2.10. The molecular formula is C16H14ClN3O3. The number of hydrogen-bond donors (Lipinski definition) is 1. The number of carboxylic acid groups (broad SMARTS) is 1. The number of fused-ring (bicyclic) bond motifs is 1. The van der Waals surface area contributed by atoms with Gasteiger partial charge in [-0.2, -0.15) is 0 Å². The van der Waals surface area contributed by atoms with Crippen LogP contribution in [-0.2, 0) is 0 Å². The summed E-state index contributed by atoms with van der Waals surface area (Å²) in [6.07, 6.45) is 2.96. The van der Waals surface area contributed by atoms with E-state index in [1.165, 1.54) is 12.4 Å². The fourth-order valence-corrected chi connectivity index (χ4v) is 2.52. The Balaban J connectivity index is 2.07. The number of aromatic nitrogens is 3. The maximum absolute atomic E-state index is 11.4. The van der Waals surface area contributed by atoms with E-state index < -0.39 is 5.97 Å². The summed E-state index contributed by atoms with van der Waals surface area (Å²) >= 11 is 5.81. The van der Waals surface area contributed by atoms with E-state index in [1.807, 2.05) is 18.4 Å². The van der Waals surface area contributed by atoms with Gasteiger partial charge in [0.05, 0.1) is 11.1 Å². The van der Waals surface area contributed by atoms with E-state index in [0.717, 1.165) is 5.52 Å². The van der Waals surface area contributed by atoms with Crippen molar-refractivity contribution in [3.05, 3.63) is 47.5 Å². The van der Waals surface area contributed by atoms with E-state index in [1.54, 1.807) is 24.4 Å². The standard InChI is InChI=1S/C16H14ClN3O3/c1-9(2)20-7-12(16(21)22)11-4-3-10(5-13(11)20)23-15-6-14(17)18-8-19-15/h3-9H,1-2H3,(H,21,22). The second kappa shape index (κ2) is 5.89.